The van der Waals surface area contributed by atoms with Gasteiger partial charge in [0.25, 0.3) is 0 Å². The second kappa shape index (κ2) is 8.00. The number of ether oxygens (including phenoxy) is 1. The number of hydrogen-bond acceptors (Lipinski definition) is 4. The molecular weight excluding hydrogens is 252 g/mol. The minimum atomic E-state index is -0.589. The lowest BCUT2D eigenvalue weighted by Crippen LogP contribution is -2.19. The molecule has 0 atom stereocenters. The Morgan fingerprint density at radius 3 is 2.45 bits per heavy atom. The lowest BCUT2D eigenvalue weighted by molar-refractivity contribution is -0.137. The molecule has 4 nitrogen and oxygen atoms in total. The Labute approximate surface area is 120 Å². The molecule has 0 aliphatic carbocycles. The normalized spacial score (nSPS) is 11.3. The molecule has 106 valence electrons. The maximum absolute atomic E-state index is 11.9. The van der Waals surface area contributed by atoms with Gasteiger partial charge in [0, 0.05) is 6.54 Å². The number of benzene rings is 1. The summed E-state index contributed by atoms with van der Waals surface area (Å²) in [6.07, 6.45) is 0.900. The quantitative estimate of drug-likeness (QED) is 0.491. The van der Waals surface area contributed by atoms with Gasteiger partial charge in [-0.15, -0.1) is 0 Å². The second-order valence-electron chi connectivity index (χ2n) is 4.38. The van der Waals surface area contributed by atoms with Gasteiger partial charge in [-0.05, 0) is 25.8 Å². The molecule has 0 radical (unpaired) electrons. The highest BCUT2D eigenvalue weighted by Crippen LogP contribution is 2.18. The highest BCUT2D eigenvalue weighted by Gasteiger charge is 2.17. The molecule has 0 saturated heterocycles. The van der Waals surface area contributed by atoms with E-state index >= 15 is 0 Å². The van der Waals surface area contributed by atoms with Crippen LogP contribution in [-0.4, -0.2) is 19.1 Å². The first-order chi connectivity index (χ1) is 9.63. The van der Waals surface area contributed by atoms with Gasteiger partial charge in [-0.1, -0.05) is 36.8 Å². The predicted octanol–water partition coefficient (Wildman–Crippen LogP) is 2.79. The first-order valence-electron chi connectivity index (χ1n) is 6.76. The van der Waals surface area contributed by atoms with Crippen molar-refractivity contribution in [1.29, 1.82) is 5.26 Å². The fourth-order valence-corrected chi connectivity index (χ4v) is 1.71. The van der Waals surface area contributed by atoms with E-state index in [0.29, 0.717) is 12.2 Å². The molecule has 0 aliphatic rings. The molecule has 0 amide bonds. The van der Waals surface area contributed by atoms with Crippen LogP contribution in [0.25, 0.3) is 5.70 Å². The number of esters is 1. The predicted molar refractivity (Wildman–Crippen MR) is 78.6 cm³/mol. The Kier molecular flexibility index (Phi) is 6.31. The fraction of sp³-hybridized carbons (Fsp3) is 0.375. The van der Waals surface area contributed by atoms with Gasteiger partial charge in [0.2, 0.25) is 0 Å². The number of nitrogens with one attached hydrogen (secondary N) is 1. The monoisotopic (exact) mass is 272 g/mol. The van der Waals surface area contributed by atoms with Crippen LogP contribution in [0.1, 0.15) is 31.4 Å². The molecule has 1 aromatic rings. The van der Waals surface area contributed by atoms with Gasteiger partial charge in [0.1, 0.15) is 6.07 Å². The summed E-state index contributed by atoms with van der Waals surface area (Å²) in [7, 11) is 0. The summed E-state index contributed by atoms with van der Waals surface area (Å²) in [5.41, 5.74) is 2.49. The molecule has 0 heterocycles. The third-order valence-corrected chi connectivity index (χ3v) is 2.73. The molecule has 1 N–H and O–H groups in total. The largest absolute Gasteiger partial charge is 0.462 e. The maximum Gasteiger partial charge on any atom is 0.351 e. The van der Waals surface area contributed by atoms with Crippen molar-refractivity contribution in [3.8, 4) is 6.07 Å². The second-order valence-corrected chi connectivity index (χ2v) is 4.38. The van der Waals surface area contributed by atoms with E-state index in [2.05, 4.69) is 5.32 Å². The Balaban J connectivity index is 3.24. The van der Waals surface area contributed by atoms with Crippen molar-refractivity contribution in [3.63, 3.8) is 0 Å². The average Bonchev–Trinajstić information content (AvgIpc) is 2.44. The summed E-state index contributed by atoms with van der Waals surface area (Å²) >= 11 is 0. The van der Waals surface area contributed by atoms with Gasteiger partial charge in [-0.3, -0.25) is 0 Å². The van der Waals surface area contributed by atoms with Gasteiger partial charge < -0.3 is 10.1 Å². The van der Waals surface area contributed by atoms with E-state index in [0.717, 1.165) is 17.5 Å². The summed E-state index contributed by atoms with van der Waals surface area (Å²) in [4.78, 5) is 11.9. The molecule has 0 spiro atoms. The molecule has 1 aromatic carbocycles. The minimum absolute atomic E-state index is 0.0177. The van der Waals surface area contributed by atoms with Crippen LogP contribution < -0.4 is 5.32 Å². The lowest BCUT2D eigenvalue weighted by atomic mass is 10.1. The number of carbonyl (C=O) groups excluding carboxylic acids is 1. The molecular formula is C16H20N2O2. The lowest BCUT2D eigenvalue weighted by Gasteiger charge is -2.13. The van der Waals surface area contributed by atoms with Crippen molar-refractivity contribution in [2.24, 2.45) is 0 Å². The van der Waals surface area contributed by atoms with Crippen molar-refractivity contribution >= 4 is 11.7 Å². The molecule has 0 aliphatic heterocycles. The number of nitriles is 1. The third-order valence-electron chi connectivity index (χ3n) is 2.73. The summed E-state index contributed by atoms with van der Waals surface area (Å²) in [6, 6.07) is 9.63. The number of rotatable bonds is 6. The fourth-order valence-electron chi connectivity index (χ4n) is 1.71. The molecule has 1 rings (SSSR count). The summed E-state index contributed by atoms with van der Waals surface area (Å²) in [5, 5.41) is 12.4. The standard InChI is InChI=1S/C16H20N2O2/c1-4-10-18-15(13-8-6-12(3)7-9-13)14(11-17)16(19)20-5-2/h6-9,18H,4-5,10H2,1-3H3/b15-14-. The Bertz CT molecular complexity index is 524. The SMILES string of the molecule is CCCN/C(=C(/C#N)C(=O)OCC)c1ccc(C)cc1. The molecule has 0 aromatic heterocycles. The number of hydrogen-bond donors (Lipinski definition) is 1. The van der Waals surface area contributed by atoms with Crippen LogP contribution in [-0.2, 0) is 9.53 Å². The highest BCUT2D eigenvalue weighted by atomic mass is 16.5. The molecule has 0 unspecified atom stereocenters. The third kappa shape index (κ3) is 4.13. The maximum atomic E-state index is 11.9. The van der Waals surface area contributed by atoms with E-state index in [-0.39, 0.29) is 12.2 Å². The Hall–Kier alpha value is -2.28. The van der Waals surface area contributed by atoms with E-state index in [1.165, 1.54) is 0 Å². The number of carbonyl (C=O) groups is 1. The number of aryl methyl sites for hydroxylation is 1. The van der Waals surface area contributed by atoms with Crippen molar-refractivity contribution in [2.75, 3.05) is 13.2 Å². The van der Waals surface area contributed by atoms with Gasteiger partial charge in [0.15, 0.2) is 5.57 Å². The molecule has 20 heavy (non-hydrogen) atoms. The van der Waals surface area contributed by atoms with E-state index in [1.54, 1.807) is 6.92 Å². The van der Waals surface area contributed by atoms with Crippen LogP contribution >= 0.6 is 0 Å². The van der Waals surface area contributed by atoms with Crippen LogP contribution in [0.2, 0.25) is 0 Å². The van der Waals surface area contributed by atoms with Crippen LogP contribution in [0.15, 0.2) is 29.8 Å². The molecule has 0 bridgehead atoms. The number of nitrogens with zero attached hydrogens (tertiary/aromatic N) is 1. The van der Waals surface area contributed by atoms with Crippen molar-refractivity contribution < 1.29 is 9.53 Å². The average molecular weight is 272 g/mol. The Morgan fingerprint density at radius 2 is 1.95 bits per heavy atom. The van der Waals surface area contributed by atoms with Gasteiger partial charge >= 0.3 is 5.97 Å². The van der Waals surface area contributed by atoms with E-state index < -0.39 is 5.97 Å². The smallest absolute Gasteiger partial charge is 0.351 e. The van der Waals surface area contributed by atoms with Gasteiger partial charge in [-0.2, -0.15) is 5.26 Å². The summed E-state index contributed by atoms with van der Waals surface area (Å²) in [5.74, 6) is -0.589. The van der Waals surface area contributed by atoms with Gasteiger partial charge in [0.05, 0.1) is 12.3 Å². The molecule has 0 fully saturated rings. The van der Waals surface area contributed by atoms with Crippen molar-refractivity contribution in [1.82, 2.24) is 5.32 Å². The van der Waals surface area contributed by atoms with E-state index in [4.69, 9.17) is 4.74 Å². The first kappa shape index (κ1) is 15.8. The van der Waals surface area contributed by atoms with E-state index in [1.807, 2.05) is 44.2 Å². The van der Waals surface area contributed by atoms with Crippen LogP contribution in [0, 0.1) is 18.3 Å². The minimum Gasteiger partial charge on any atom is -0.462 e. The van der Waals surface area contributed by atoms with Crippen LogP contribution in [0.5, 0.6) is 0 Å². The zero-order valence-electron chi connectivity index (χ0n) is 12.2. The van der Waals surface area contributed by atoms with Crippen molar-refractivity contribution in [2.45, 2.75) is 27.2 Å². The van der Waals surface area contributed by atoms with Gasteiger partial charge in [-0.25, -0.2) is 4.79 Å². The molecule has 4 heteroatoms. The van der Waals surface area contributed by atoms with Crippen molar-refractivity contribution in [3.05, 3.63) is 41.0 Å². The van der Waals surface area contributed by atoms with Crippen LogP contribution in [0.3, 0.4) is 0 Å². The zero-order chi connectivity index (χ0) is 15.0. The topological polar surface area (TPSA) is 62.1 Å². The summed E-state index contributed by atoms with van der Waals surface area (Å²) in [6.45, 7) is 6.67. The zero-order valence-corrected chi connectivity index (χ0v) is 12.2. The van der Waals surface area contributed by atoms with E-state index in [9.17, 15) is 10.1 Å². The first-order valence-corrected chi connectivity index (χ1v) is 6.76. The van der Waals surface area contributed by atoms with Crippen LogP contribution in [0.4, 0.5) is 0 Å². The summed E-state index contributed by atoms with van der Waals surface area (Å²) < 4.78 is 4.94. The highest BCUT2D eigenvalue weighted by molar-refractivity contribution is 6.01. The Morgan fingerprint density at radius 1 is 1.30 bits per heavy atom. The molecule has 0 saturated carbocycles.